The molecule has 1 aromatic carbocycles. The molecular weight excluding hydrogens is 370 g/mol. The van der Waals surface area contributed by atoms with E-state index in [1.807, 2.05) is 0 Å². The first-order chi connectivity index (χ1) is 12.5. The van der Waals surface area contributed by atoms with Crippen LogP contribution in [0.1, 0.15) is 23.8 Å². The maximum Gasteiger partial charge on any atom is 0.262 e. The minimum Gasteiger partial charge on any atom is -0.324 e. The summed E-state index contributed by atoms with van der Waals surface area (Å²) in [5.74, 6) is 0.356. The van der Waals surface area contributed by atoms with Gasteiger partial charge in [-0.3, -0.25) is 14.2 Å². The van der Waals surface area contributed by atoms with Crippen molar-refractivity contribution in [3.63, 3.8) is 0 Å². The molecule has 0 saturated carbocycles. The molecule has 0 bridgehead atoms. The lowest BCUT2D eigenvalue weighted by atomic mass is 9.89. The Labute approximate surface area is 159 Å². The summed E-state index contributed by atoms with van der Waals surface area (Å²) in [6.07, 6.45) is 4.47. The second-order valence-corrected chi connectivity index (χ2v) is 8.29. The molecule has 26 heavy (non-hydrogen) atoms. The predicted octanol–water partition coefficient (Wildman–Crippen LogP) is 3.87. The zero-order valence-corrected chi connectivity index (χ0v) is 15.9. The van der Waals surface area contributed by atoms with Crippen molar-refractivity contribution in [1.29, 1.82) is 0 Å². The van der Waals surface area contributed by atoms with Crippen molar-refractivity contribution in [2.45, 2.75) is 32.7 Å². The molecule has 0 radical (unpaired) electrons. The molecule has 0 aliphatic heterocycles. The topological polar surface area (TPSA) is 64.0 Å². The van der Waals surface area contributed by atoms with Crippen LogP contribution in [0.2, 0.25) is 5.02 Å². The zero-order valence-electron chi connectivity index (χ0n) is 14.3. The van der Waals surface area contributed by atoms with Crippen molar-refractivity contribution >= 4 is 44.7 Å². The van der Waals surface area contributed by atoms with E-state index in [9.17, 15) is 9.59 Å². The molecule has 1 N–H and O–H groups in total. The summed E-state index contributed by atoms with van der Waals surface area (Å²) >= 11 is 7.54. The van der Waals surface area contributed by atoms with Gasteiger partial charge in [-0.25, -0.2) is 4.98 Å². The van der Waals surface area contributed by atoms with Gasteiger partial charge in [0.05, 0.1) is 11.7 Å². The molecule has 3 aromatic rings. The third-order valence-electron chi connectivity index (χ3n) is 4.70. The van der Waals surface area contributed by atoms with Crippen LogP contribution in [0.15, 0.2) is 35.4 Å². The number of halogens is 1. The summed E-state index contributed by atoms with van der Waals surface area (Å²) in [4.78, 5) is 31.7. The maximum atomic E-state index is 12.9. The number of thiophene rings is 1. The van der Waals surface area contributed by atoms with Gasteiger partial charge in [0.25, 0.3) is 5.56 Å². The highest BCUT2D eigenvalue weighted by Crippen LogP contribution is 2.35. The van der Waals surface area contributed by atoms with Crippen molar-refractivity contribution in [3.8, 4) is 0 Å². The summed E-state index contributed by atoms with van der Waals surface area (Å²) in [6.45, 7) is 2.16. The Balaban J connectivity index is 1.62. The van der Waals surface area contributed by atoms with E-state index in [1.54, 1.807) is 35.6 Å². The van der Waals surface area contributed by atoms with Gasteiger partial charge in [-0.1, -0.05) is 24.6 Å². The van der Waals surface area contributed by atoms with Crippen LogP contribution < -0.4 is 10.9 Å². The molecule has 1 aliphatic carbocycles. The number of hydrogen-bond acceptors (Lipinski definition) is 4. The fraction of sp³-hybridized carbons (Fsp3) is 0.316. The molecule has 0 fully saturated rings. The molecule has 4 rings (SSSR count). The maximum absolute atomic E-state index is 12.9. The first-order valence-corrected chi connectivity index (χ1v) is 9.76. The van der Waals surface area contributed by atoms with Gasteiger partial charge in [0.2, 0.25) is 5.91 Å². The molecule has 5 nitrogen and oxygen atoms in total. The predicted molar refractivity (Wildman–Crippen MR) is 105 cm³/mol. The van der Waals surface area contributed by atoms with Crippen LogP contribution in [0.4, 0.5) is 5.69 Å². The summed E-state index contributed by atoms with van der Waals surface area (Å²) in [7, 11) is 0. The molecular formula is C19H18ClN3O2S. The molecule has 0 spiro atoms. The van der Waals surface area contributed by atoms with Crippen LogP contribution in [0, 0.1) is 5.92 Å². The average Bonchev–Trinajstić information content (AvgIpc) is 2.95. The van der Waals surface area contributed by atoms with E-state index in [0.717, 1.165) is 29.7 Å². The molecule has 0 saturated heterocycles. The fourth-order valence-electron chi connectivity index (χ4n) is 3.40. The average molecular weight is 388 g/mol. The summed E-state index contributed by atoms with van der Waals surface area (Å²) in [6, 6.07) is 6.92. The molecule has 2 heterocycles. The number of rotatable bonds is 3. The minimum absolute atomic E-state index is 0.0741. The molecule has 1 unspecified atom stereocenters. The number of aryl methyl sites for hydroxylation is 1. The summed E-state index contributed by atoms with van der Waals surface area (Å²) in [5.41, 5.74) is 1.60. The number of nitrogens with one attached hydrogen (secondary N) is 1. The highest BCUT2D eigenvalue weighted by atomic mass is 35.5. The standard InChI is InChI=1S/C19H18ClN3O2S/c1-11-5-6-14-15(7-11)26-18-17(14)19(25)23(10-21-18)9-16(24)22-13-4-2-3-12(20)8-13/h2-4,8,10-11H,5-7,9H2,1H3,(H,22,24). The van der Waals surface area contributed by atoms with Crippen LogP contribution in [0.5, 0.6) is 0 Å². The SMILES string of the molecule is CC1CCc2c(sc3ncn(CC(=O)Nc4cccc(Cl)c4)c(=O)c23)C1. The Morgan fingerprint density at radius 1 is 1.46 bits per heavy atom. The van der Waals surface area contributed by atoms with Crippen molar-refractivity contribution in [2.24, 2.45) is 5.92 Å². The number of aromatic nitrogens is 2. The molecule has 1 atom stereocenters. The number of carbonyl (C=O) groups is 1. The largest absolute Gasteiger partial charge is 0.324 e. The van der Waals surface area contributed by atoms with Crippen molar-refractivity contribution in [1.82, 2.24) is 9.55 Å². The number of anilines is 1. The Morgan fingerprint density at radius 3 is 3.12 bits per heavy atom. The van der Waals surface area contributed by atoms with E-state index in [1.165, 1.54) is 15.8 Å². The van der Waals surface area contributed by atoms with E-state index in [4.69, 9.17) is 11.6 Å². The van der Waals surface area contributed by atoms with E-state index >= 15 is 0 Å². The minimum atomic E-state index is -0.284. The van der Waals surface area contributed by atoms with Gasteiger partial charge >= 0.3 is 0 Å². The normalized spacial score (nSPS) is 16.5. The van der Waals surface area contributed by atoms with Gasteiger partial charge in [0.15, 0.2) is 0 Å². The number of nitrogens with zero attached hydrogens (tertiary/aromatic N) is 2. The van der Waals surface area contributed by atoms with Gasteiger partial charge in [-0.15, -0.1) is 11.3 Å². The van der Waals surface area contributed by atoms with Crippen LogP contribution in [0.3, 0.4) is 0 Å². The lowest BCUT2D eigenvalue weighted by Crippen LogP contribution is -2.28. The van der Waals surface area contributed by atoms with E-state index in [-0.39, 0.29) is 18.0 Å². The first kappa shape index (κ1) is 17.2. The smallest absolute Gasteiger partial charge is 0.262 e. The highest BCUT2D eigenvalue weighted by Gasteiger charge is 2.23. The van der Waals surface area contributed by atoms with E-state index in [0.29, 0.717) is 22.0 Å². The summed E-state index contributed by atoms with van der Waals surface area (Å²) in [5, 5.41) is 3.99. The Morgan fingerprint density at radius 2 is 2.31 bits per heavy atom. The molecule has 7 heteroatoms. The number of hydrogen-bond donors (Lipinski definition) is 1. The molecule has 1 aliphatic rings. The third kappa shape index (κ3) is 3.27. The van der Waals surface area contributed by atoms with Crippen LogP contribution in [-0.2, 0) is 24.2 Å². The van der Waals surface area contributed by atoms with Gasteiger partial charge in [0, 0.05) is 15.6 Å². The number of carbonyl (C=O) groups excluding carboxylic acids is 1. The van der Waals surface area contributed by atoms with Crippen LogP contribution in [0.25, 0.3) is 10.2 Å². The van der Waals surface area contributed by atoms with Crippen LogP contribution >= 0.6 is 22.9 Å². The van der Waals surface area contributed by atoms with Crippen molar-refractivity contribution in [3.05, 3.63) is 56.4 Å². The molecule has 1 amide bonds. The van der Waals surface area contributed by atoms with Gasteiger partial charge < -0.3 is 5.32 Å². The van der Waals surface area contributed by atoms with Gasteiger partial charge in [0.1, 0.15) is 11.4 Å². The van der Waals surface area contributed by atoms with E-state index in [2.05, 4.69) is 17.2 Å². The van der Waals surface area contributed by atoms with Crippen molar-refractivity contribution in [2.75, 3.05) is 5.32 Å². The second-order valence-electron chi connectivity index (χ2n) is 6.77. The lowest BCUT2D eigenvalue weighted by Gasteiger charge is -2.17. The third-order valence-corrected chi connectivity index (χ3v) is 6.10. The van der Waals surface area contributed by atoms with Crippen LogP contribution in [-0.4, -0.2) is 15.5 Å². The van der Waals surface area contributed by atoms with E-state index < -0.39 is 0 Å². The summed E-state index contributed by atoms with van der Waals surface area (Å²) < 4.78 is 1.38. The lowest BCUT2D eigenvalue weighted by molar-refractivity contribution is -0.116. The zero-order chi connectivity index (χ0) is 18.3. The number of benzene rings is 1. The quantitative estimate of drug-likeness (QED) is 0.741. The first-order valence-electron chi connectivity index (χ1n) is 8.56. The molecule has 134 valence electrons. The monoisotopic (exact) mass is 387 g/mol. The van der Waals surface area contributed by atoms with Gasteiger partial charge in [-0.2, -0.15) is 0 Å². The second kappa shape index (κ2) is 6.85. The van der Waals surface area contributed by atoms with Crippen molar-refractivity contribution < 1.29 is 4.79 Å². The Kier molecular flexibility index (Phi) is 4.54. The highest BCUT2D eigenvalue weighted by molar-refractivity contribution is 7.18. The Hall–Kier alpha value is -2.18. The van der Waals surface area contributed by atoms with Gasteiger partial charge in [-0.05, 0) is 48.9 Å². The molecule has 2 aromatic heterocycles. The Bertz CT molecular complexity index is 1060. The number of amides is 1. The fourth-order valence-corrected chi connectivity index (χ4v) is 4.93. The number of fused-ring (bicyclic) bond motifs is 3.